The Labute approximate surface area is 172 Å². The van der Waals surface area contributed by atoms with E-state index in [1.807, 2.05) is 60.0 Å². The zero-order valence-corrected chi connectivity index (χ0v) is 17.9. The van der Waals surface area contributed by atoms with E-state index in [9.17, 15) is 4.79 Å². The number of rotatable bonds is 6. The third kappa shape index (κ3) is 4.75. The minimum Gasteiger partial charge on any atom is -0.325 e. The molecule has 3 aromatic rings. The molecule has 0 saturated carbocycles. The molecule has 0 saturated heterocycles. The first-order chi connectivity index (χ1) is 12.6. The van der Waals surface area contributed by atoms with Crippen molar-refractivity contribution in [1.82, 2.24) is 14.8 Å². The number of halogens is 2. The molecule has 0 spiro atoms. The zero-order valence-electron chi connectivity index (χ0n) is 13.9. The lowest BCUT2D eigenvalue weighted by atomic mass is 10.2. The number of carbonyl (C=O) groups is 1. The molecule has 0 atom stereocenters. The van der Waals surface area contributed by atoms with Crippen molar-refractivity contribution in [2.45, 2.75) is 18.6 Å². The van der Waals surface area contributed by atoms with E-state index in [4.69, 9.17) is 0 Å². The number of carbonyl (C=O) groups excluding carboxylic acids is 1. The molecule has 2 aromatic carbocycles. The van der Waals surface area contributed by atoms with Gasteiger partial charge in [0.25, 0.3) is 0 Å². The van der Waals surface area contributed by atoms with Crippen molar-refractivity contribution in [2.75, 3.05) is 11.1 Å². The van der Waals surface area contributed by atoms with Crippen LogP contribution in [0.2, 0.25) is 0 Å². The SMILES string of the molecule is CCn1c(SCC(=O)Nc2cccc(Br)c2)nnc1-c1ccc(Br)cc1. The number of nitrogens with zero attached hydrogens (tertiary/aromatic N) is 3. The Morgan fingerprint density at radius 1 is 1.12 bits per heavy atom. The summed E-state index contributed by atoms with van der Waals surface area (Å²) in [4.78, 5) is 12.2. The van der Waals surface area contributed by atoms with Gasteiger partial charge in [-0.1, -0.05) is 61.8 Å². The maximum absolute atomic E-state index is 12.2. The van der Waals surface area contributed by atoms with Gasteiger partial charge in [0.05, 0.1) is 5.75 Å². The second-order valence-corrected chi connectivity index (χ2v) is 8.18. The van der Waals surface area contributed by atoms with E-state index < -0.39 is 0 Å². The lowest BCUT2D eigenvalue weighted by Crippen LogP contribution is -2.14. The summed E-state index contributed by atoms with van der Waals surface area (Å²) in [5.41, 5.74) is 1.76. The first-order valence-corrected chi connectivity index (χ1v) is 10.5. The minimum absolute atomic E-state index is 0.0797. The van der Waals surface area contributed by atoms with Crippen LogP contribution in [0.25, 0.3) is 11.4 Å². The number of aromatic nitrogens is 3. The van der Waals surface area contributed by atoms with Gasteiger partial charge in [-0.2, -0.15) is 0 Å². The van der Waals surface area contributed by atoms with Crippen LogP contribution in [0.1, 0.15) is 6.92 Å². The lowest BCUT2D eigenvalue weighted by Gasteiger charge is -2.08. The van der Waals surface area contributed by atoms with Gasteiger partial charge in [0.2, 0.25) is 5.91 Å². The molecule has 26 heavy (non-hydrogen) atoms. The van der Waals surface area contributed by atoms with Crippen molar-refractivity contribution < 1.29 is 4.79 Å². The number of anilines is 1. The summed E-state index contributed by atoms with van der Waals surface area (Å²) < 4.78 is 3.95. The number of thioether (sulfide) groups is 1. The van der Waals surface area contributed by atoms with Gasteiger partial charge in [-0.05, 0) is 37.3 Å². The third-order valence-corrected chi connectivity index (χ3v) is 5.56. The van der Waals surface area contributed by atoms with Crippen molar-refractivity contribution in [3.63, 3.8) is 0 Å². The molecule has 3 rings (SSSR count). The van der Waals surface area contributed by atoms with Gasteiger partial charge in [-0.25, -0.2) is 0 Å². The maximum atomic E-state index is 12.2. The summed E-state index contributed by atoms with van der Waals surface area (Å²) in [6.07, 6.45) is 0. The Hall–Kier alpha value is -1.64. The summed E-state index contributed by atoms with van der Waals surface area (Å²) in [6, 6.07) is 15.5. The number of benzene rings is 2. The van der Waals surface area contributed by atoms with Gasteiger partial charge in [0.1, 0.15) is 0 Å². The molecule has 0 fully saturated rings. The predicted molar refractivity (Wildman–Crippen MR) is 112 cm³/mol. The molecule has 1 aromatic heterocycles. The Balaban J connectivity index is 1.68. The molecular weight excluding hydrogens is 480 g/mol. The first-order valence-electron chi connectivity index (χ1n) is 7.94. The normalized spacial score (nSPS) is 10.7. The molecular formula is C18H16Br2N4OS. The Bertz CT molecular complexity index is 912. The Kier molecular flexibility index (Phi) is 6.50. The molecule has 1 N–H and O–H groups in total. The Morgan fingerprint density at radius 2 is 1.88 bits per heavy atom. The van der Waals surface area contributed by atoms with Crippen LogP contribution in [0.5, 0.6) is 0 Å². The van der Waals surface area contributed by atoms with Crippen LogP contribution in [-0.2, 0) is 11.3 Å². The second kappa shape index (κ2) is 8.83. The van der Waals surface area contributed by atoms with Gasteiger partial charge in [0.15, 0.2) is 11.0 Å². The molecule has 0 aliphatic rings. The fraction of sp³-hybridized carbons (Fsp3) is 0.167. The maximum Gasteiger partial charge on any atom is 0.234 e. The van der Waals surface area contributed by atoms with Crippen LogP contribution in [0.15, 0.2) is 62.6 Å². The van der Waals surface area contributed by atoms with E-state index >= 15 is 0 Å². The van der Waals surface area contributed by atoms with Crippen molar-refractivity contribution in [2.24, 2.45) is 0 Å². The largest absolute Gasteiger partial charge is 0.325 e. The highest BCUT2D eigenvalue weighted by molar-refractivity contribution is 9.10. The van der Waals surface area contributed by atoms with E-state index in [2.05, 4.69) is 47.4 Å². The van der Waals surface area contributed by atoms with Crippen LogP contribution in [0.4, 0.5) is 5.69 Å². The molecule has 1 heterocycles. The minimum atomic E-state index is -0.0797. The first kappa shape index (κ1) is 19.1. The fourth-order valence-electron chi connectivity index (χ4n) is 2.39. The molecule has 5 nitrogen and oxygen atoms in total. The standard InChI is InChI=1S/C18H16Br2N4OS/c1-2-24-17(12-6-8-13(19)9-7-12)22-23-18(24)26-11-16(25)21-15-5-3-4-14(20)10-15/h3-10H,2,11H2,1H3,(H,21,25). The summed E-state index contributed by atoms with van der Waals surface area (Å²) in [7, 11) is 0. The van der Waals surface area contributed by atoms with Gasteiger partial charge >= 0.3 is 0 Å². The number of hydrogen-bond donors (Lipinski definition) is 1. The quantitative estimate of drug-likeness (QED) is 0.476. The Morgan fingerprint density at radius 3 is 2.58 bits per heavy atom. The second-order valence-electron chi connectivity index (χ2n) is 5.40. The molecule has 134 valence electrons. The summed E-state index contributed by atoms with van der Waals surface area (Å²) in [5.74, 6) is 0.990. The highest BCUT2D eigenvalue weighted by Crippen LogP contribution is 2.25. The fourth-order valence-corrected chi connectivity index (χ4v) is 3.85. The summed E-state index contributed by atoms with van der Waals surface area (Å²) in [6.45, 7) is 2.77. The molecule has 1 amide bonds. The van der Waals surface area contributed by atoms with E-state index in [0.717, 1.165) is 37.7 Å². The van der Waals surface area contributed by atoms with Crippen LogP contribution >= 0.6 is 43.6 Å². The molecule has 8 heteroatoms. The van der Waals surface area contributed by atoms with Gasteiger partial charge in [0, 0.05) is 26.7 Å². The van der Waals surface area contributed by atoms with E-state index in [0.29, 0.717) is 0 Å². The number of amides is 1. The van der Waals surface area contributed by atoms with Gasteiger partial charge in [-0.15, -0.1) is 10.2 Å². The summed E-state index contributed by atoms with van der Waals surface area (Å²) >= 11 is 8.21. The van der Waals surface area contributed by atoms with Crippen molar-refractivity contribution in [3.8, 4) is 11.4 Å². The topological polar surface area (TPSA) is 59.8 Å². The van der Waals surface area contributed by atoms with Crippen LogP contribution < -0.4 is 5.32 Å². The van der Waals surface area contributed by atoms with E-state index in [1.54, 1.807) is 0 Å². The van der Waals surface area contributed by atoms with Gasteiger partial charge < -0.3 is 9.88 Å². The zero-order chi connectivity index (χ0) is 18.5. The highest BCUT2D eigenvalue weighted by atomic mass is 79.9. The van der Waals surface area contributed by atoms with Crippen LogP contribution in [-0.4, -0.2) is 26.4 Å². The lowest BCUT2D eigenvalue weighted by molar-refractivity contribution is -0.113. The van der Waals surface area contributed by atoms with Crippen molar-refractivity contribution in [1.29, 1.82) is 0 Å². The van der Waals surface area contributed by atoms with Crippen LogP contribution in [0.3, 0.4) is 0 Å². The predicted octanol–water partition coefficient (Wildman–Crippen LogP) is 5.22. The van der Waals surface area contributed by atoms with Crippen molar-refractivity contribution >= 4 is 55.2 Å². The molecule has 0 radical (unpaired) electrons. The molecule has 0 aliphatic carbocycles. The number of nitrogens with one attached hydrogen (secondary N) is 1. The smallest absolute Gasteiger partial charge is 0.234 e. The average molecular weight is 496 g/mol. The highest BCUT2D eigenvalue weighted by Gasteiger charge is 2.14. The third-order valence-electron chi connectivity index (χ3n) is 3.58. The summed E-state index contributed by atoms with van der Waals surface area (Å²) in [5, 5.41) is 12.2. The van der Waals surface area contributed by atoms with Gasteiger partial charge in [-0.3, -0.25) is 4.79 Å². The van der Waals surface area contributed by atoms with Crippen molar-refractivity contribution in [3.05, 3.63) is 57.5 Å². The molecule has 0 unspecified atom stereocenters. The molecule has 0 aliphatic heterocycles. The van der Waals surface area contributed by atoms with Crippen LogP contribution in [0, 0.1) is 0 Å². The number of hydrogen-bond acceptors (Lipinski definition) is 4. The average Bonchev–Trinajstić information content (AvgIpc) is 3.03. The monoisotopic (exact) mass is 494 g/mol. The molecule has 0 bridgehead atoms. The van der Waals surface area contributed by atoms with E-state index in [-0.39, 0.29) is 11.7 Å². The van der Waals surface area contributed by atoms with E-state index in [1.165, 1.54) is 11.8 Å².